The van der Waals surface area contributed by atoms with Gasteiger partial charge in [-0.05, 0) is 24.3 Å². The van der Waals surface area contributed by atoms with Gasteiger partial charge in [0.25, 0.3) is 5.69 Å². The van der Waals surface area contributed by atoms with Crippen LogP contribution in [0.5, 0.6) is 0 Å². The van der Waals surface area contributed by atoms with Gasteiger partial charge in [0.1, 0.15) is 0 Å². The number of nitro groups is 1. The number of oxime groups is 1. The van der Waals surface area contributed by atoms with Gasteiger partial charge in [0.05, 0.1) is 14.8 Å². The molecule has 0 amide bonds. The molecule has 0 fully saturated rings. The van der Waals surface area contributed by atoms with Gasteiger partial charge >= 0.3 is 0 Å². The second-order valence-electron chi connectivity index (χ2n) is 3.95. The van der Waals surface area contributed by atoms with Gasteiger partial charge in [0.2, 0.25) is 0 Å². The van der Waals surface area contributed by atoms with E-state index < -0.39 is 4.92 Å². The Balaban J connectivity index is 2.33. The summed E-state index contributed by atoms with van der Waals surface area (Å²) >= 11 is 7.27. The highest BCUT2D eigenvalue weighted by atomic mass is 35.5. The summed E-state index contributed by atoms with van der Waals surface area (Å²) < 4.78 is 0. The van der Waals surface area contributed by atoms with Gasteiger partial charge in [-0.3, -0.25) is 10.1 Å². The quantitative estimate of drug-likeness (QED) is 0.295. The third-order valence-corrected chi connectivity index (χ3v) is 3.98. The lowest BCUT2D eigenvalue weighted by Crippen LogP contribution is -2.13. The molecule has 0 aliphatic carbocycles. The molecule has 0 bridgehead atoms. The maximum atomic E-state index is 11.0. The molecule has 8 heteroatoms. The SMILES string of the molecule is NC(=NO)c1ccc(Sc2ccccc2[N+](=O)[O-])cc1Cl. The van der Waals surface area contributed by atoms with Crippen molar-refractivity contribution in [3.63, 3.8) is 0 Å². The highest BCUT2D eigenvalue weighted by molar-refractivity contribution is 7.99. The van der Waals surface area contributed by atoms with E-state index >= 15 is 0 Å². The Kier molecular flexibility index (Phi) is 4.66. The van der Waals surface area contributed by atoms with E-state index in [0.717, 1.165) is 0 Å². The average molecular weight is 324 g/mol. The lowest BCUT2D eigenvalue weighted by molar-refractivity contribution is -0.387. The minimum atomic E-state index is -0.436. The number of amidine groups is 1. The molecule has 0 radical (unpaired) electrons. The van der Waals surface area contributed by atoms with Crippen LogP contribution in [-0.4, -0.2) is 16.0 Å². The van der Waals surface area contributed by atoms with E-state index in [9.17, 15) is 10.1 Å². The number of benzene rings is 2. The zero-order valence-electron chi connectivity index (χ0n) is 10.6. The van der Waals surface area contributed by atoms with E-state index in [0.29, 0.717) is 20.4 Å². The lowest BCUT2D eigenvalue weighted by atomic mass is 10.2. The van der Waals surface area contributed by atoms with Crippen LogP contribution in [0.2, 0.25) is 5.02 Å². The zero-order chi connectivity index (χ0) is 15.4. The molecule has 2 rings (SSSR count). The van der Waals surface area contributed by atoms with Crippen LogP contribution in [0.15, 0.2) is 57.4 Å². The molecular formula is C13H10ClN3O3S. The first-order chi connectivity index (χ1) is 10.0. The van der Waals surface area contributed by atoms with Crippen LogP contribution in [0.25, 0.3) is 0 Å². The van der Waals surface area contributed by atoms with Gasteiger partial charge in [-0.15, -0.1) is 0 Å². The van der Waals surface area contributed by atoms with Crippen molar-refractivity contribution in [2.24, 2.45) is 10.9 Å². The first kappa shape index (κ1) is 15.1. The van der Waals surface area contributed by atoms with Crippen LogP contribution in [0.3, 0.4) is 0 Å². The summed E-state index contributed by atoms with van der Waals surface area (Å²) in [7, 11) is 0. The molecule has 0 unspecified atom stereocenters. The van der Waals surface area contributed by atoms with Crippen LogP contribution >= 0.6 is 23.4 Å². The smallest absolute Gasteiger partial charge is 0.283 e. The molecule has 2 aromatic carbocycles. The Hall–Kier alpha value is -2.25. The maximum absolute atomic E-state index is 11.0. The third kappa shape index (κ3) is 3.45. The predicted octanol–water partition coefficient (Wildman–Crippen LogP) is 3.49. The van der Waals surface area contributed by atoms with Gasteiger partial charge in [0.15, 0.2) is 5.84 Å². The fourth-order valence-electron chi connectivity index (χ4n) is 1.64. The van der Waals surface area contributed by atoms with E-state index in [4.69, 9.17) is 22.5 Å². The number of hydrogen-bond acceptors (Lipinski definition) is 5. The summed E-state index contributed by atoms with van der Waals surface area (Å²) in [5.41, 5.74) is 5.90. The van der Waals surface area contributed by atoms with Crippen molar-refractivity contribution >= 4 is 34.9 Å². The molecule has 0 aromatic heterocycles. The minimum Gasteiger partial charge on any atom is -0.409 e. The maximum Gasteiger partial charge on any atom is 0.283 e. The number of rotatable bonds is 4. The van der Waals surface area contributed by atoms with Crippen molar-refractivity contribution in [3.8, 4) is 0 Å². The van der Waals surface area contributed by atoms with Gasteiger partial charge in [0, 0.05) is 16.5 Å². The average Bonchev–Trinajstić information content (AvgIpc) is 2.47. The van der Waals surface area contributed by atoms with Crippen LogP contribution in [0.1, 0.15) is 5.56 Å². The molecule has 3 N–H and O–H groups in total. The second-order valence-corrected chi connectivity index (χ2v) is 5.48. The molecule has 6 nitrogen and oxygen atoms in total. The van der Waals surface area contributed by atoms with Gasteiger partial charge in [-0.25, -0.2) is 0 Å². The Morgan fingerprint density at radius 2 is 2.05 bits per heavy atom. The normalized spacial score (nSPS) is 11.4. The van der Waals surface area contributed by atoms with Crippen LogP contribution in [0, 0.1) is 10.1 Å². The van der Waals surface area contributed by atoms with Gasteiger partial charge < -0.3 is 10.9 Å². The summed E-state index contributed by atoms with van der Waals surface area (Å²) in [6, 6.07) is 11.3. The van der Waals surface area contributed by atoms with Gasteiger partial charge in [-0.1, -0.05) is 40.7 Å². The molecule has 0 aliphatic rings. The highest BCUT2D eigenvalue weighted by Gasteiger charge is 2.14. The van der Waals surface area contributed by atoms with Crippen molar-refractivity contribution in [3.05, 3.63) is 63.2 Å². The first-order valence-corrected chi connectivity index (χ1v) is 6.91. The molecule has 0 atom stereocenters. The van der Waals surface area contributed by atoms with E-state index in [1.807, 2.05) is 0 Å². The number of para-hydroxylation sites is 1. The molecule has 0 heterocycles. The van der Waals surface area contributed by atoms with Crippen molar-refractivity contribution < 1.29 is 10.1 Å². The van der Waals surface area contributed by atoms with Crippen molar-refractivity contribution in [1.82, 2.24) is 0 Å². The van der Waals surface area contributed by atoms with Gasteiger partial charge in [-0.2, -0.15) is 0 Å². The molecule has 0 spiro atoms. The Bertz CT molecular complexity index is 722. The van der Waals surface area contributed by atoms with E-state index in [1.54, 1.807) is 36.4 Å². The fraction of sp³-hybridized carbons (Fsp3) is 0. The Labute approximate surface area is 129 Å². The second kappa shape index (κ2) is 6.47. The molecule has 2 aromatic rings. The van der Waals surface area contributed by atoms with Crippen molar-refractivity contribution in [1.29, 1.82) is 0 Å². The largest absolute Gasteiger partial charge is 0.409 e. The molecule has 0 saturated carbocycles. The van der Waals surface area contributed by atoms with E-state index in [-0.39, 0.29) is 11.5 Å². The number of hydrogen-bond donors (Lipinski definition) is 2. The lowest BCUT2D eigenvalue weighted by Gasteiger charge is -2.06. The highest BCUT2D eigenvalue weighted by Crippen LogP contribution is 2.36. The monoisotopic (exact) mass is 323 g/mol. The van der Waals surface area contributed by atoms with Crippen molar-refractivity contribution in [2.45, 2.75) is 9.79 Å². The molecule has 21 heavy (non-hydrogen) atoms. The van der Waals surface area contributed by atoms with Crippen LogP contribution in [-0.2, 0) is 0 Å². The molecule has 0 aliphatic heterocycles. The zero-order valence-corrected chi connectivity index (χ0v) is 12.1. The summed E-state index contributed by atoms with van der Waals surface area (Å²) in [5.74, 6) is -0.0951. The molecule has 0 saturated heterocycles. The summed E-state index contributed by atoms with van der Waals surface area (Å²) in [6.07, 6.45) is 0. The minimum absolute atomic E-state index is 0.0270. The van der Waals surface area contributed by atoms with E-state index in [2.05, 4.69) is 5.16 Å². The number of nitro benzene ring substituents is 1. The number of nitrogens with two attached hydrogens (primary N) is 1. The topological polar surface area (TPSA) is 102 Å². The first-order valence-electron chi connectivity index (χ1n) is 5.71. The summed E-state index contributed by atoms with van der Waals surface area (Å²) in [6.45, 7) is 0. The predicted molar refractivity (Wildman–Crippen MR) is 81.2 cm³/mol. The third-order valence-electron chi connectivity index (χ3n) is 2.61. The van der Waals surface area contributed by atoms with Crippen molar-refractivity contribution in [2.75, 3.05) is 0 Å². The van der Waals surface area contributed by atoms with Crippen LogP contribution < -0.4 is 5.73 Å². The fourth-order valence-corrected chi connectivity index (χ4v) is 2.94. The Morgan fingerprint density at radius 3 is 2.67 bits per heavy atom. The number of nitrogens with zero attached hydrogens (tertiary/aromatic N) is 2. The van der Waals surface area contributed by atoms with E-state index in [1.165, 1.54) is 17.8 Å². The summed E-state index contributed by atoms with van der Waals surface area (Å²) in [4.78, 5) is 11.8. The standard InChI is InChI=1S/C13H10ClN3O3S/c14-10-7-8(5-6-9(10)13(15)16-18)21-12-4-2-1-3-11(12)17(19)20/h1-7,18H,(H2,15,16). The Morgan fingerprint density at radius 1 is 1.33 bits per heavy atom. The summed E-state index contributed by atoms with van der Waals surface area (Å²) in [5, 5.41) is 22.8. The number of halogens is 1. The molecule has 108 valence electrons. The van der Waals surface area contributed by atoms with Crippen LogP contribution in [0.4, 0.5) is 5.69 Å². The molecular weight excluding hydrogens is 314 g/mol.